The van der Waals surface area contributed by atoms with Crippen molar-refractivity contribution in [1.29, 1.82) is 0 Å². The van der Waals surface area contributed by atoms with Crippen LogP contribution in [0, 0.1) is 0 Å². The molecule has 2 heteroatoms. The first-order valence-electron chi connectivity index (χ1n) is 13.2. The van der Waals surface area contributed by atoms with E-state index in [2.05, 4.69) is 95.3 Å². The van der Waals surface area contributed by atoms with Crippen molar-refractivity contribution in [3.8, 4) is 0 Å². The average molecular weight is 453 g/mol. The molecule has 2 rings (SSSR count). The van der Waals surface area contributed by atoms with Crippen molar-refractivity contribution >= 4 is 18.7 Å². The van der Waals surface area contributed by atoms with Crippen LogP contribution in [0.5, 0.6) is 0 Å². The van der Waals surface area contributed by atoms with Gasteiger partial charge in [0.2, 0.25) is 0 Å². The first-order chi connectivity index (χ1) is 15.4. The molecule has 1 nitrogen and oxygen atoms in total. The van der Waals surface area contributed by atoms with E-state index in [0.717, 1.165) is 6.42 Å². The van der Waals surface area contributed by atoms with E-state index in [1.54, 1.807) is 0 Å². The van der Waals surface area contributed by atoms with Gasteiger partial charge in [-0.05, 0) is 28.8 Å². The van der Waals surface area contributed by atoms with Crippen molar-refractivity contribution in [3.05, 3.63) is 60.7 Å². The van der Waals surface area contributed by atoms with Crippen LogP contribution < -0.4 is 10.4 Å². The third kappa shape index (κ3) is 7.88. The maximum Gasteiger partial charge on any atom is 0.261 e. The second-order valence-corrected chi connectivity index (χ2v) is 14.8. The second kappa shape index (κ2) is 14.0. The molecular formula is C30H48OSi. The lowest BCUT2D eigenvalue weighted by molar-refractivity contribution is 0.192. The van der Waals surface area contributed by atoms with E-state index in [4.69, 9.17) is 4.43 Å². The van der Waals surface area contributed by atoms with Crippen LogP contribution in [-0.2, 0) is 4.43 Å². The Labute approximate surface area is 200 Å². The summed E-state index contributed by atoms with van der Waals surface area (Å²) in [6.07, 6.45) is 15.2. The van der Waals surface area contributed by atoms with Crippen LogP contribution in [0.3, 0.4) is 0 Å². The predicted octanol–water partition coefficient (Wildman–Crippen LogP) is 8.26. The highest BCUT2D eigenvalue weighted by molar-refractivity contribution is 6.99. The van der Waals surface area contributed by atoms with E-state index in [1.165, 1.54) is 74.6 Å². The molecule has 0 aromatic heterocycles. The lowest BCUT2D eigenvalue weighted by Crippen LogP contribution is -2.67. The Morgan fingerprint density at radius 3 is 1.47 bits per heavy atom. The van der Waals surface area contributed by atoms with Crippen LogP contribution in [0.25, 0.3) is 0 Å². The van der Waals surface area contributed by atoms with Crippen molar-refractivity contribution in [2.75, 3.05) is 0 Å². The summed E-state index contributed by atoms with van der Waals surface area (Å²) in [6.45, 7) is 11.7. The molecule has 0 N–H and O–H groups in total. The Morgan fingerprint density at radius 2 is 1.06 bits per heavy atom. The zero-order valence-electron chi connectivity index (χ0n) is 21.5. The van der Waals surface area contributed by atoms with Gasteiger partial charge < -0.3 is 4.43 Å². The van der Waals surface area contributed by atoms with Crippen LogP contribution in [0.2, 0.25) is 5.04 Å². The SMILES string of the molecule is CCCCCCCCCCCCC(C)O[Si](c1ccccc1)(c1ccccc1)C(C)(C)C. The molecule has 2 aromatic carbocycles. The highest BCUT2D eigenvalue weighted by Gasteiger charge is 2.50. The van der Waals surface area contributed by atoms with Crippen molar-refractivity contribution in [2.24, 2.45) is 0 Å². The number of hydrogen-bond acceptors (Lipinski definition) is 1. The summed E-state index contributed by atoms with van der Waals surface area (Å²) in [5.41, 5.74) is 0. The van der Waals surface area contributed by atoms with Gasteiger partial charge in [0.05, 0.1) is 0 Å². The van der Waals surface area contributed by atoms with E-state index >= 15 is 0 Å². The summed E-state index contributed by atoms with van der Waals surface area (Å²) in [7, 11) is -2.41. The Kier molecular flexibility index (Phi) is 11.8. The van der Waals surface area contributed by atoms with Gasteiger partial charge >= 0.3 is 0 Å². The van der Waals surface area contributed by atoms with Crippen molar-refractivity contribution in [2.45, 2.75) is 116 Å². The summed E-state index contributed by atoms with van der Waals surface area (Å²) < 4.78 is 7.20. The normalized spacial score (nSPS) is 13.3. The van der Waals surface area contributed by atoms with Crippen LogP contribution in [-0.4, -0.2) is 14.4 Å². The van der Waals surface area contributed by atoms with Gasteiger partial charge in [0.15, 0.2) is 0 Å². The molecule has 1 unspecified atom stereocenters. The lowest BCUT2D eigenvalue weighted by atomic mass is 10.1. The zero-order valence-corrected chi connectivity index (χ0v) is 22.5. The molecule has 0 radical (unpaired) electrons. The summed E-state index contributed by atoms with van der Waals surface area (Å²) >= 11 is 0. The van der Waals surface area contributed by atoms with Crippen LogP contribution >= 0.6 is 0 Å². The summed E-state index contributed by atoms with van der Waals surface area (Å²) in [5.74, 6) is 0. The van der Waals surface area contributed by atoms with E-state index in [0.29, 0.717) is 0 Å². The van der Waals surface area contributed by atoms with Crippen LogP contribution in [0.4, 0.5) is 0 Å². The number of benzene rings is 2. The Hall–Kier alpha value is -1.38. The highest BCUT2D eigenvalue weighted by atomic mass is 28.4. The minimum absolute atomic E-state index is 0.0573. The lowest BCUT2D eigenvalue weighted by Gasteiger charge is -2.44. The molecule has 0 heterocycles. The summed E-state index contributed by atoms with van der Waals surface area (Å²) in [4.78, 5) is 0. The maximum atomic E-state index is 7.20. The third-order valence-electron chi connectivity index (χ3n) is 6.76. The van der Waals surface area contributed by atoms with E-state index in [-0.39, 0.29) is 11.1 Å². The smallest absolute Gasteiger partial charge is 0.261 e. The molecule has 0 aliphatic rings. The molecule has 0 aliphatic carbocycles. The zero-order chi connectivity index (χ0) is 23.3. The highest BCUT2D eigenvalue weighted by Crippen LogP contribution is 2.38. The molecule has 0 saturated heterocycles. The Bertz CT molecular complexity index is 680. The number of rotatable bonds is 15. The Balaban J connectivity index is 1.96. The van der Waals surface area contributed by atoms with Gasteiger partial charge in [0.25, 0.3) is 8.32 Å². The summed E-state index contributed by atoms with van der Waals surface area (Å²) in [5, 5.41) is 2.82. The molecule has 0 aliphatic heterocycles. The fourth-order valence-electron chi connectivity index (χ4n) is 4.97. The molecule has 2 aromatic rings. The molecule has 0 spiro atoms. The molecular weight excluding hydrogens is 404 g/mol. The summed E-state index contributed by atoms with van der Waals surface area (Å²) in [6, 6.07) is 22.1. The monoisotopic (exact) mass is 452 g/mol. The molecule has 0 fully saturated rings. The Morgan fingerprint density at radius 1 is 0.656 bits per heavy atom. The molecule has 0 bridgehead atoms. The quantitative estimate of drug-likeness (QED) is 0.195. The average Bonchev–Trinajstić information content (AvgIpc) is 2.79. The minimum Gasteiger partial charge on any atom is -0.405 e. The first-order valence-corrected chi connectivity index (χ1v) is 15.1. The molecule has 32 heavy (non-hydrogen) atoms. The third-order valence-corrected chi connectivity index (χ3v) is 11.9. The van der Waals surface area contributed by atoms with Crippen molar-refractivity contribution in [3.63, 3.8) is 0 Å². The second-order valence-electron chi connectivity index (χ2n) is 10.6. The van der Waals surface area contributed by atoms with E-state index in [1.807, 2.05) is 0 Å². The molecule has 0 saturated carbocycles. The van der Waals surface area contributed by atoms with Gasteiger partial charge in [-0.25, -0.2) is 0 Å². The fraction of sp³-hybridized carbons (Fsp3) is 0.600. The molecule has 178 valence electrons. The van der Waals surface area contributed by atoms with Crippen LogP contribution in [0.15, 0.2) is 60.7 Å². The molecule has 1 atom stereocenters. The van der Waals surface area contributed by atoms with E-state index < -0.39 is 8.32 Å². The maximum absolute atomic E-state index is 7.20. The van der Waals surface area contributed by atoms with Gasteiger partial charge in [-0.1, -0.05) is 153 Å². The topological polar surface area (TPSA) is 9.23 Å². The van der Waals surface area contributed by atoms with Crippen LogP contribution in [0.1, 0.15) is 105 Å². The van der Waals surface area contributed by atoms with Crippen molar-refractivity contribution in [1.82, 2.24) is 0 Å². The number of unbranched alkanes of at least 4 members (excludes halogenated alkanes) is 9. The largest absolute Gasteiger partial charge is 0.405 e. The van der Waals surface area contributed by atoms with Gasteiger partial charge in [-0.3, -0.25) is 0 Å². The van der Waals surface area contributed by atoms with Gasteiger partial charge in [0.1, 0.15) is 0 Å². The fourth-order valence-corrected chi connectivity index (χ4v) is 9.71. The van der Waals surface area contributed by atoms with Gasteiger partial charge in [-0.2, -0.15) is 0 Å². The van der Waals surface area contributed by atoms with Crippen molar-refractivity contribution < 1.29 is 4.43 Å². The van der Waals surface area contributed by atoms with E-state index in [9.17, 15) is 0 Å². The first kappa shape index (κ1) is 26.9. The van der Waals surface area contributed by atoms with Gasteiger partial charge in [0, 0.05) is 6.10 Å². The standard InChI is InChI=1S/C30H48OSi/c1-6-7-8-9-10-11-12-13-14-17-22-27(2)31-32(30(3,4)5,28-23-18-15-19-24-28)29-25-20-16-21-26-29/h15-16,18-21,23-27H,6-14,17,22H2,1-5H3. The number of hydrogen-bond donors (Lipinski definition) is 0. The minimum atomic E-state index is -2.41. The predicted molar refractivity (Wildman–Crippen MR) is 145 cm³/mol. The molecule has 0 amide bonds. The van der Waals surface area contributed by atoms with Gasteiger partial charge in [-0.15, -0.1) is 0 Å².